The molecule has 11 heteroatoms. The Balaban J connectivity index is 1.15. The molecule has 34 heavy (non-hydrogen) atoms. The molecule has 9 nitrogen and oxygen atoms in total. The van der Waals surface area contributed by atoms with Crippen LogP contribution in [-0.2, 0) is 11.2 Å². The lowest BCUT2D eigenvalue weighted by molar-refractivity contribution is -0.116. The molecule has 6 rings (SSSR count). The fraction of sp³-hybridized carbons (Fsp3) is 0.174. The molecule has 3 aliphatic rings. The van der Waals surface area contributed by atoms with Crippen molar-refractivity contribution in [1.29, 1.82) is 0 Å². The molecule has 172 valence electrons. The van der Waals surface area contributed by atoms with Gasteiger partial charge in [0.25, 0.3) is 0 Å². The van der Waals surface area contributed by atoms with Gasteiger partial charge in [0.05, 0.1) is 0 Å². The number of carbonyl (C=O) groups is 2. The van der Waals surface area contributed by atoms with Gasteiger partial charge in [-0.3, -0.25) is 10.2 Å². The number of hydrogen-bond donors (Lipinski definition) is 3. The number of carbonyl (C=O) groups excluding carboxylic acids is 2. The first kappa shape index (κ1) is 20.4. The second-order valence-corrected chi connectivity index (χ2v) is 8.07. The molecule has 3 N–H and O–H groups in total. The summed E-state index contributed by atoms with van der Waals surface area (Å²) in [6.07, 6.45) is 2.08. The predicted octanol–water partition coefficient (Wildman–Crippen LogP) is 3.85. The quantitative estimate of drug-likeness (QED) is 0.506. The van der Waals surface area contributed by atoms with Crippen molar-refractivity contribution in [3.05, 3.63) is 71.4 Å². The molecule has 0 saturated carbocycles. The van der Waals surface area contributed by atoms with E-state index in [1.54, 1.807) is 29.4 Å². The maximum atomic E-state index is 13.3. The highest BCUT2D eigenvalue weighted by atomic mass is 19.1. The van der Waals surface area contributed by atoms with E-state index in [1.807, 2.05) is 6.07 Å². The average Bonchev–Trinajstić information content (AvgIpc) is 3.29. The van der Waals surface area contributed by atoms with Gasteiger partial charge in [-0.25, -0.2) is 18.6 Å². The highest BCUT2D eigenvalue weighted by Crippen LogP contribution is 2.53. The Kier molecular flexibility index (Phi) is 4.59. The maximum Gasteiger partial charge on any atom is 0.333 e. The van der Waals surface area contributed by atoms with Crippen LogP contribution in [0.3, 0.4) is 0 Å². The van der Waals surface area contributed by atoms with Crippen LogP contribution in [0.2, 0.25) is 0 Å². The van der Waals surface area contributed by atoms with E-state index in [1.165, 1.54) is 0 Å². The zero-order valence-corrected chi connectivity index (χ0v) is 17.5. The molecular weight excluding hydrogens is 448 g/mol. The molecule has 3 aliphatic heterocycles. The van der Waals surface area contributed by atoms with Crippen molar-refractivity contribution in [3.63, 3.8) is 0 Å². The molecule has 0 spiro atoms. The standard InChI is InChI=1S/C23H17F2N5O4/c24-11-7-12(25)9-13(8-11)27-23(32)29-30-20-16-10-14(1-3-17(16)34-22(20)30)33-18-5-6-26-21-15(18)2-4-19(31)28-21/h1,3,5-10,20,22H,2,4H2,(H,26,28,31)(H2,27,29,32)/t20-,22+,30?/m1/s1. The molecule has 1 fully saturated rings. The number of benzene rings is 2. The summed E-state index contributed by atoms with van der Waals surface area (Å²) >= 11 is 0. The molecule has 0 aliphatic carbocycles. The Bertz CT molecular complexity index is 1330. The summed E-state index contributed by atoms with van der Waals surface area (Å²) in [5, 5.41) is 6.73. The van der Waals surface area contributed by atoms with Crippen molar-refractivity contribution in [2.45, 2.75) is 25.1 Å². The highest BCUT2D eigenvalue weighted by molar-refractivity contribution is 5.93. The summed E-state index contributed by atoms with van der Waals surface area (Å²) in [6, 6.07) is 9.03. The van der Waals surface area contributed by atoms with E-state index >= 15 is 0 Å². The van der Waals surface area contributed by atoms with Crippen LogP contribution < -0.4 is 25.5 Å². The lowest BCUT2D eigenvalue weighted by Gasteiger charge is -2.19. The van der Waals surface area contributed by atoms with Gasteiger partial charge in [-0.05, 0) is 42.8 Å². The smallest absolute Gasteiger partial charge is 0.333 e. The topological polar surface area (TPSA) is 105 Å². The highest BCUT2D eigenvalue weighted by Gasteiger charge is 2.58. The van der Waals surface area contributed by atoms with Crippen LogP contribution >= 0.6 is 0 Å². The van der Waals surface area contributed by atoms with Gasteiger partial charge in [-0.1, -0.05) is 0 Å². The van der Waals surface area contributed by atoms with Crippen LogP contribution in [0.4, 0.5) is 25.1 Å². The molecule has 3 atom stereocenters. The summed E-state index contributed by atoms with van der Waals surface area (Å²) in [5.41, 5.74) is 4.28. The van der Waals surface area contributed by atoms with Gasteiger partial charge in [0.15, 0.2) is 6.23 Å². The predicted molar refractivity (Wildman–Crippen MR) is 115 cm³/mol. The van der Waals surface area contributed by atoms with E-state index < -0.39 is 17.7 Å². The SMILES string of the molecule is O=C1CCc2c(Oc3ccc4c(c3)[C@@H]3[C@H](O4)N3NC(=O)Nc3cc(F)cc(F)c3)ccnc2N1. The Morgan fingerprint density at radius 1 is 1.15 bits per heavy atom. The van der Waals surface area contributed by atoms with E-state index in [0.717, 1.165) is 29.3 Å². The minimum Gasteiger partial charge on any atom is -0.471 e. The van der Waals surface area contributed by atoms with Crippen molar-refractivity contribution in [2.75, 3.05) is 10.6 Å². The Morgan fingerprint density at radius 3 is 2.79 bits per heavy atom. The number of nitrogens with zero attached hydrogens (tertiary/aromatic N) is 2. The average molecular weight is 465 g/mol. The van der Waals surface area contributed by atoms with Gasteiger partial charge in [0, 0.05) is 35.5 Å². The molecule has 4 heterocycles. The third-order valence-electron chi connectivity index (χ3n) is 5.75. The van der Waals surface area contributed by atoms with Gasteiger partial charge in [-0.15, -0.1) is 0 Å². The molecular formula is C23H17F2N5O4. The first-order chi connectivity index (χ1) is 16.4. The number of rotatable bonds is 4. The molecule has 2 aromatic carbocycles. The van der Waals surface area contributed by atoms with Crippen LogP contribution in [0.5, 0.6) is 17.2 Å². The number of hydrogen-bond acceptors (Lipinski definition) is 6. The van der Waals surface area contributed by atoms with Crippen LogP contribution in [0.25, 0.3) is 0 Å². The van der Waals surface area contributed by atoms with Crippen molar-refractivity contribution in [3.8, 4) is 17.2 Å². The number of aromatic nitrogens is 1. The monoisotopic (exact) mass is 465 g/mol. The Hall–Kier alpha value is -4.25. The molecule has 0 bridgehead atoms. The molecule has 1 aromatic heterocycles. The van der Waals surface area contributed by atoms with Crippen molar-refractivity contribution >= 4 is 23.4 Å². The van der Waals surface area contributed by atoms with Crippen LogP contribution in [0.15, 0.2) is 48.7 Å². The number of anilines is 2. The molecule has 0 radical (unpaired) electrons. The van der Waals surface area contributed by atoms with Gasteiger partial charge >= 0.3 is 6.03 Å². The molecule has 3 amide bonds. The first-order valence-corrected chi connectivity index (χ1v) is 10.5. The third kappa shape index (κ3) is 3.65. The zero-order valence-electron chi connectivity index (χ0n) is 17.5. The van der Waals surface area contributed by atoms with Crippen LogP contribution in [0, 0.1) is 11.6 Å². The lowest BCUT2D eigenvalue weighted by atomic mass is 10.1. The van der Waals surface area contributed by atoms with Crippen LogP contribution in [0.1, 0.15) is 23.6 Å². The largest absolute Gasteiger partial charge is 0.471 e. The van der Waals surface area contributed by atoms with Gasteiger partial charge in [-0.2, -0.15) is 5.01 Å². The number of urea groups is 1. The van der Waals surface area contributed by atoms with E-state index in [2.05, 4.69) is 21.0 Å². The van der Waals surface area contributed by atoms with Gasteiger partial charge < -0.3 is 20.1 Å². The van der Waals surface area contributed by atoms with E-state index in [4.69, 9.17) is 9.47 Å². The number of pyridine rings is 1. The summed E-state index contributed by atoms with van der Waals surface area (Å²) in [4.78, 5) is 28.1. The second-order valence-electron chi connectivity index (χ2n) is 8.07. The number of halogens is 2. The third-order valence-corrected chi connectivity index (χ3v) is 5.75. The Morgan fingerprint density at radius 2 is 1.97 bits per heavy atom. The molecule has 3 aromatic rings. The van der Waals surface area contributed by atoms with E-state index in [-0.39, 0.29) is 23.9 Å². The summed E-state index contributed by atoms with van der Waals surface area (Å²) < 4.78 is 38.6. The number of hydrazine groups is 1. The fourth-order valence-electron chi connectivity index (χ4n) is 4.21. The number of nitrogens with one attached hydrogen (secondary N) is 3. The molecule has 1 saturated heterocycles. The number of ether oxygens (including phenoxy) is 2. The van der Waals surface area contributed by atoms with Crippen molar-refractivity contribution < 1.29 is 27.8 Å². The van der Waals surface area contributed by atoms with Crippen LogP contribution in [-0.4, -0.2) is 28.2 Å². The van der Waals surface area contributed by atoms with Gasteiger partial charge in [0.1, 0.15) is 40.7 Å². The van der Waals surface area contributed by atoms with E-state index in [9.17, 15) is 18.4 Å². The second kappa shape index (κ2) is 7.66. The first-order valence-electron chi connectivity index (χ1n) is 10.5. The maximum absolute atomic E-state index is 13.3. The fourth-order valence-corrected chi connectivity index (χ4v) is 4.21. The minimum absolute atomic E-state index is 0.00381. The van der Waals surface area contributed by atoms with Crippen molar-refractivity contribution in [1.82, 2.24) is 15.4 Å². The number of amides is 3. The summed E-state index contributed by atoms with van der Waals surface area (Å²) in [7, 11) is 0. The summed E-state index contributed by atoms with van der Waals surface area (Å²) in [5.74, 6) is 0.693. The normalized spacial score (nSPS) is 21.4. The lowest BCUT2D eigenvalue weighted by Crippen LogP contribution is -2.36. The summed E-state index contributed by atoms with van der Waals surface area (Å²) in [6.45, 7) is 0. The Labute approximate surface area is 191 Å². The molecule has 1 unspecified atom stereocenters. The minimum atomic E-state index is -0.790. The van der Waals surface area contributed by atoms with E-state index in [0.29, 0.717) is 35.9 Å². The van der Waals surface area contributed by atoms with Crippen molar-refractivity contribution in [2.24, 2.45) is 0 Å². The zero-order chi connectivity index (χ0) is 23.4. The van der Waals surface area contributed by atoms with Gasteiger partial charge in [0.2, 0.25) is 5.91 Å². The number of fused-ring (bicyclic) bond motifs is 4.